The monoisotopic (exact) mass is 318 g/mol. The predicted molar refractivity (Wildman–Crippen MR) is 79.2 cm³/mol. The lowest BCUT2D eigenvalue weighted by molar-refractivity contribution is -0.121. The molecule has 0 aliphatic heterocycles. The van der Waals surface area contributed by atoms with Crippen LogP contribution in [0.4, 0.5) is 0 Å². The van der Waals surface area contributed by atoms with Gasteiger partial charge < -0.3 is 5.32 Å². The van der Waals surface area contributed by atoms with Crippen molar-refractivity contribution < 1.29 is 13.2 Å². The molecule has 0 heterocycles. The lowest BCUT2D eigenvalue weighted by atomic mass is 10.4. The van der Waals surface area contributed by atoms with Crippen LogP contribution in [0.2, 0.25) is 5.02 Å². The van der Waals surface area contributed by atoms with Gasteiger partial charge in [0, 0.05) is 18.1 Å². The molecule has 1 aromatic carbocycles. The Kier molecular flexibility index (Phi) is 6.45. The second kappa shape index (κ2) is 7.61. The molecule has 0 aliphatic carbocycles. The first-order chi connectivity index (χ1) is 9.41. The molecule has 0 radical (unpaired) electrons. The van der Waals surface area contributed by atoms with Crippen molar-refractivity contribution in [3.8, 4) is 0 Å². The second-order valence-corrected chi connectivity index (χ2v) is 6.61. The minimum atomic E-state index is -3.67. The van der Waals surface area contributed by atoms with Gasteiger partial charge >= 0.3 is 0 Å². The standard InChI is InChI=1S/C13H19ClN2O3S/c1-3-9-15-13(17)10-16(4-2)20(18,19)12-7-5-11(14)6-8-12/h5-8H,3-4,9-10H2,1-2H3,(H,15,17). The van der Waals surface area contributed by atoms with Crippen LogP contribution < -0.4 is 5.32 Å². The third-order valence-electron chi connectivity index (χ3n) is 2.70. The van der Waals surface area contributed by atoms with E-state index in [0.29, 0.717) is 11.6 Å². The number of rotatable bonds is 7. The summed E-state index contributed by atoms with van der Waals surface area (Å²) in [6.45, 7) is 4.21. The Hall–Kier alpha value is -1.11. The Bertz CT molecular complexity index is 543. The van der Waals surface area contributed by atoms with Gasteiger partial charge in [0.15, 0.2) is 0 Å². The highest BCUT2D eigenvalue weighted by atomic mass is 35.5. The van der Waals surface area contributed by atoms with Crippen molar-refractivity contribution in [2.75, 3.05) is 19.6 Å². The summed E-state index contributed by atoms with van der Waals surface area (Å²) in [5.74, 6) is -0.300. The van der Waals surface area contributed by atoms with Crippen LogP contribution in [-0.4, -0.2) is 38.3 Å². The van der Waals surface area contributed by atoms with Gasteiger partial charge in [-0.25, -0.2) is 8.42 Å². The van der Waals surface area contributed by atoms with E-state index in [4.69, 9.17) is 11.6 Å². The largest absolute Gasteiger partial charge is 0.355 e. The number of sulfonamides is 1. The molecule has 0 saturated carbocycles. The summed E-state index contributed by atoms with van der Waals surface area (Å²) in [6, 6.07) is 5.90. The number of hydrogen-bond acceptors (Lipinski definition) is 3. The summed E-state index contributed by atoms with van der Waals surface area (Å²) in [5, 5.41) is 3.13. The molecule has 0 atom stereocenters. The molecule has 0 saturated heterocycles. The number of hydrogen-bond donors (Lipinski definition) is 1. The highest BCUT2D eigenvalue weighted by Gasteiger charge is 2.24. The lowest BCUT2D eigenvalue weighted by Crippen LogP contribution is -2.40. The van der Waals surface area contributed by atoms with Crippen LogP contribution in [0, 0.1) is 0 Å². The number of carbonyl (C=O) groups is 1. The van der Waals surface area contributed by atoms with Gasteiger partial charge in [-0.05, 0) is 30.7 Å². The zero-order valence-electron chi connectivity index (χ0n) is 11.6. The van der Waals surface area contributed by atoms with Gasteiger partial charge in [-0.2, -0.15) is 4.31 Å². The molecule has 7 heteroatoms. The zero-order chi connectivity index (χ0) is 15.2. The van der Waals surface area contributed by atoms with E-state index in [2.05, 4.69) is 5.32 Å². The highest BCUT2D eigenvalue weighted by Crippen LogP contribution is 2.18. The maximum atomic E-state index is 12.4. The molecule has 0 spiro atoms. The van der Waals surface area contributed by atoms with Crippen LogP contribution in [0.5, 0.6) is 0 Å². The highest BCUT2D eigenvalue weighted by molar-refractivity contribution is 7.89. The van der Waals surface area contributed by atoms with Crippen molar-refractivity contribution in [2.24, 2.45) is 0 Å². The third-order valence-corrected chi connectivity index (χ3v) is 4.88. The summed E-state index contributed by atoms with van der Waals surface area (Å²) in [6.07, 6.45) is 0.807. The van der Waals surface area contributed by atoms with Gasteiger partial charge in [-0.15, -0.1) is 0 Å². The fourth-order valence-corrected chi connectivity index (χ4v) is 3.13. The molecular weight excluding hydrogens is 300 g/mol. The number of nitrogens with zero attached hydrogens (tertiary/aromatic N) is 1. The summed E-state index contributed by atoms with van der Waals surface area (Å²) in [7, 11) is -3.67. The summed E-state index contributed by atoms with van der Waals surface area (Å²) >= 11 is 5.74. The molecule has 20 heavy (non-hydrogen) atoms. The number of amides is 1. The van der Waals surface area contributed by atoms with Gasteiger partial charge in [-0.1, -0.05) is 25.4 Å². The van der Waals surface area contributed by atoms with Crippen molar-refractivity contribution in [2.45, 2.75) is 25.2 Å². The van der Waals surface area contributed by atoms with E-state index in [1.165, 1.54) is 24.3 Å². The normalized spacial score (nSPS) is 11.6. The Morgan fingerprint density at radius 3 is 2.35 bits per heavy atom. The number of likely N-dealkylation sites (N-methyl/N-ethyl adjacent to an activating group) is 1. The molecular formula is C13H19ClN2O3S. The molecule has 0 aromatic heterocycles. The second-order valence-electron chi connectivity index (χ2n) is 4.24. The third kappa shape index (κ3) is 4.47. The van der Waals surface area contributed by atoms with Crippen LogP contribution >= 0.6 is 11.6 Å². The fraction of sp³-hybridized carbons (Fsp3) is 0.462. The molecule has 112 valence electrons. The SMILES string of the molecule is CCCNC(=O)CN(CC)S(=O)(=O)c1ccc(Cl)cc1. The molecule has 1 aromatic rings. The molecule has 0 aliphatic rings. The minimum absolute atomic E-state index is 0.132. The Balaban J connectivity index is 2.87. The number of halogens is 1. The summed E-state index contributed by atoms with van der Waals surface area (Å²) in [5.41, 5.74) is 0. The molecule has 0 bridgehead atoms. The van der Waals surface area contributed by atoms with Crippen molar-refractivity contribution in [1.29, 1.82) is 0 Å². The number of carbonyl (C=O) groups excluding carboxylic acids is 1. The summed E-state index contributed by atoms with van der Waals surface area (Å²) in [4.78, 5) is 11.8. The predicted octanol–water partition coefficient (Wildman–Crippen LogP) is 1.88. The zero-order valence-corrected chi connectivity index (χ0v) is 13.2. The first-order valence-corrected chi connectivity index (χ1v) is 8.26. The minimum Gasteiger partial charge on any atom is -0.355 e. The summed E-state index contributed by atoms with van der Waals surface area (Å²) < 4.78 is 25.9. The smallest absolute Gasteiger partial charge is 0.243 e. The topological polar surface area (TPSA) is 66.5 Å². The van der Waals surface area contributed by atoms with E-state index in [9.17, 15) is 13.2 Å². The Labute approximate surface area is 125 Å². The Morgan fingerprint density at radius 1 is 1.25 bits per heavy atom. The van der Waals surface area contributed by atoms with Crippen LogP contribution in [0.25, 0.3) is 0 Å². The van der Waals surface area contributed by atoms with E-state index in [-0.39, 0.29) is 23.9 Å². The molecule has 1 rings (SSSR count). The number of benzene rings is 1. The molecule has 0 fully saturated rings. The van der Waals surface area contributed by atoms with Gasteiger partial charge in [-0.3, -0.25) is 4.79 Å². The van der Waals surface area contributed by atoms with Gasteiger partial charge in [0.05, 0.1) is 11.4 Å². The number of nitrogens with one attached hydrogen (secondary N) is 1. The lowest BCUT2D eigenvalue weighted by Gasteiger charge is -2.20. The maximum absolute atomic E-state index is 12.4. The van der Waals surface area contributed by atoms with Crippen LogP contribution in [0.1, 0.15) is 20.3 Å². The van der Waals surface area contributed by atoms with Gasteiger partial charge in [0.1, 0.15) is 0 Å². The Morgan fingerprint density at radius 2 is 1.85 bits per heavy atom. The molecule has 1 N–H and O–H groups in total. The molecule has 5 nitrogen and oxygen atoms in total. The molecule has 1 amide bonds. The quantitative estimate of drug-likeness (QED) is 0.834. The molecule has 0 unspecified atom stereocenters. The van der Waals surface area contributed by atoms with E-state index < -0.39 is 10.0 Å². The first kappa shape index (κ1) is 16.9. The van der Waals surface area contributed by atoms with Crippen LogP contribution in [0.3, 0.4) is 0 Å². The van der Waals surface area contributed by atoms with Crippen molar-refractivity contribution in [3.05, 3.63) is 29.3 Å². The van der Waals surface area contributed by atoms with E-state index >= 15 is 0 Å². The van der Waals surface area contributed by atoms with Crippen LogP contribution in [0.15, 0.2) is 29.2 Å². The maximum Gasteiger partial charge on any atom is 0.243 e. The van der Waals surface area contributed by atoms with Crippen LogP contribution in [-0.2, 0) is 14.8 Å². The van der Waals surface area contributed by atoms with E-state index in [1.54, 1.807) is 6.92 Å². The van der Waals surface area contributed by atoms with Gasteiger partial charge in [0.2, 0.25) is 15.9 Å². The van der Waals surface area contributed by atoms with E-state index in [0.717, 1.165) is 10.7 Å². The average Bonchev–Trinajstić information content (AvgIpc) is 2.42. The first-order valence-electron chi connectivity index (χ1n) is 6.44. The van der Waals surface area contributed by atoms with E-state index in [1.807, 2.05) is 6.92 Å². The van der Waals surface area contributed by atoms with Crippen molar-refractivity contribution in [3.63, 3.8) is 0 Å². The fourth-order valence-electron chi connectivity index (χ4n) is 1.60. The van der Waals surface area contributed by atoms with Gasteiger partial charge in [0.25, 0.3) is 0 Å². The van der Waals surface area contributed by atoms with Crippen molar-refractivity contribution >= 4 is 27.5 Å². The average molecular weight is 319 g/mol. The van der Waals surface area contributed by atoms with Crippen molar-refractivity contribution in [1.82, 2.24) is 9.62 Å².